The highest BCUT2D eigenvalue weighted by atomic mass is 19.1. The summed E-state index contributed by atoms with van der Waals surface area (Å²) in [5, 5.41) is 3.32. The zero-order chi connectivity index (χ0) is 13.0. The second kappa shape index (κ2) is 6.07. The fraction of sp³-hybridized carbons (Fsp3) is 0.500. The van der Waals surface area contributed by atoms with Crippen molar-refractivity contribution in [2.24, 2.45) is 0 Å². The van der Waals surface area contributed by atoms with Gasteiger partial charge in [-0.1, -0.05) is 0 Å². The maximum atomic E-state index is 12.8. The van der Waals surface area contributed by atoms with Crippen molar-refractivity contribution < 1.29 is 9.18 Å². The molecule has 1 heterocycles. The van der Waals surface area contributed by atoms with Gasteiger partial charge in [0.25, 0.3) is 0 Å². The molecule has 98 valence electrons. The standard InChI is InChI=1S/C14H19FN2O/c1-11(17-9-2-7-16-8-10-17)14(18)12-3-5-13(15)6-4-12/h3-6,11,16H,2,7-10H2,1H3. The van der Waals surface area contributed by atoms with E-state index in [1.165, 1.54) is 12.1 Å². The Morgan fingerprint density at radius 3 is 2.72 bits per heavy atom. The number of hydrogen-bond acceptors (Lipinski definition) is 3. The van der Waals surface area contributed by atoms with E-state index in [-0.39, 0.29) is 17.6 Å². The zero-order valence-electron chi connectivity index (χ0n) is 10.7. The molecule has 0 aliphatic carbocycles. The summed E-state index contributed by atoms with van der Waals surface area (Å²) >= 11 is 0. The van der Waals surface area contributed by atoms with E-state index >= 15 is 0 Å². The second-order valence-corrected chi connectivity index (χ2v) is 4.69. The molecule has 1 saturated heterocycles. The Morgan fingerprint density at radius 1 is 1.28 bits per heavy atom. The third-order valence-corrected chi connectivity index (χ3v) is 3.43. The lowest BCUT2D eigenvalue weighted by molar-refractivity contribution is 0.0846. The lowest BCUT2D eigenvalue weighted by atomic mass is 10.0. The Kier molecular flexibility index (Phi) is 4.44. The van der Waals surface area contributed by atoms with Crippen molar-refractivity contribution in [2.45, 2.75) is 19.4 Å². The summed E-state index contributed by atoms with van der Waals surface area (Å²) in [5.41, 5.74) is 0.584. The van der Waals surface area contributed by atoms with Gasteiger partial charge in [0.2, 0.25) is 0 Å². The summed E-state index contributed by atoms with van der Waals surface area (Å²) in [4.78, 5) is 14.5. The minimum atomic E-state index is -0.307. The smallest absolute Gasteiger partial charge is 0.179 e. The molecule has 0 radical (unpaired) electrons. The van der Waals surface area contributed by atoms with Crippen molar-refractivity contribution in [2.75, 3.05) is 26.2 Å². The van der Waals surface area contributed by atoms with Gasteiger partial charge in [-0.25, -0.2) is 4.39 Å². The first-order chi connectivity index (χ1) is 8.68. The zero-order valence-corrected chi connectivity index (χ0v) is 10.7. The van der Waals surface area contributed by atoms with Crippen molar-refractivity contribution in [3.8, 4) is 0 Å². The van der Waals surface area contributed by atoms with Crippen LogP contribution in [0.15, 0.2) is 24.3 Å². The van der Waals surface area contributed by atoms with Crippen LogP contribution in [-0.4, -0.2) is 42.9 Å². The minimum Gasteiger partial charge on any atom is -0.315 e. The second-order valence-electron chi connectivity index (χ2n) is 4.69. The lowest BCUT2D eigenvalue weighted by Crippen LogP contribution is -2.41. The third-order valence-electron chi connectivity index (χ3n) is 3.43. The fourth-order valence-corrected chi connectivity index (χ4v) is 2.28. The first-order valence-corrected chi connectivity index (χ1v) is 6.43. The topological polar surface area (TPSA) is 32.3 Å². The van der Waals surface area contributed by atoms with Crippen molar-refractivity contribution in [1.82, 2.24) is 10.2 Å². The number of rotatable bonds is 3. The van der Waals surface area contributed by atoms with Crippen molar-refractivity contribution in [1.29, 1.82) is 0 Å². The van der Waals surface area contributed by atoms with Gasteiger partial charge in [0.15, 0.2) is 5.78 Å². The van der Waals surface area contributed by atoms with E-state index in [0.29, 0.717) is 5.56 Å². The molecule has 1 aromatic carbocycles. The highest BCUT2D eigenvalue weighted by molar-refractivity contribution is 5.99. The van der Waals surface area contributed by atoms with Crippen molar-refractivity contribution in [3.63, 3.8) is 0 Å². The molecule has 0 saturated carbocycles. The van der Waals surface area contributed by atoms with Crippen LogP contribution in [0.2, 0.25) is 0 Å². The van der Waals surface area contributed by atoms with Crippen LogP contribution < -0.4 is 5.32 Å². The van der Waals surface area contributed by atoms with Crippen LogP contribution in [0.3, 0.4) is 0 Å². The Balaban J connectivity index is 2.05. The monoisotopic (exact) mass is 250 g/mol. The predicted molar refractivity (Wildman–Crippen MR) is 69.3 cm³/mol. The van der Waals surface area contributed by atoms with Crippen LogP contribution in [-0.2, 0) is 0 Å². The average Bonchev–Trinajstić information content (AvgIpc) is 2.67. The molecular weight excluding hydrogens is 231 g/mol. The number of carbonyl (C=O) groups excluding carboxylic acids is 1. The SMILES string of the molecule is CC(C(=O)c1ccc(F)cc1)N1CCCNCC1. The van der Waals surface area contributed by atoms with E-state index in [1.54, 1.807) is 12.1 Å². The largest absolute Gasteiger partial charge is 0.315 e. The van der Waals surface area contributed by atoms with Gasteiger partial charge in [-0.2, -0.15) is 0 Å². The van der Waals surface area contributed by atoms with E-state index in [2.05, 4.69) is 10.2 Å². The first-order valence-electron chi connectivity index (χ1n) is 6.43. The van der Waals surface area contributed by atoms with Crippen LogP contribution in [0.1, 0.15) is 23.7 Å². The molecule has 3 nitrogen and oxygen atoms in total. The molecule has 0 aromatic heterocycles. The summed E-state index contributed by atoms with van der Waals surface area (Å²) in [6.45, 7) is 5.67. The molecule has 0 spiro atoms. The van der Waals surface area contributed by atoms with E-state index in [0.717, 1.165) is 32.6 Å². The van der Waals surface area contributed by atoms with Gasteiger partial charge in [-0.3, -0.25) is 9.69 Å². The summed E-state index contributed by atoms with van der Waals surface area (Å²) in [5.74, 6) is -0.241. The van der Waals surface area contributed by atoms with Crippen molar-refractivity contribution in [3.05, 3.63) is 35.6 Å². The minimum absolute atomic E-state index is 0.0666. The van der Waals surface area contributed by atoms with Crippen molar-refractivity contribution >= 4 is 5.78 Å². The molecule has 1 atom stereocenters. The molecule has 0 bridgehead atoms. The number of nitrogens with zero attached hydrogens (tertiary/aromatic N) is 1. The number of nitrogens with one attached hydrogen (secondary N) is 1. The quantitative estimate of drug-likeness (QED) is 0.829. The average molecular weight is 250 g/mol. The molecular formula is C14H19FN2O. The first kappa shape index (κ1) is 13.2. The highest BCUT2D eigenvalue weighted by Gasteiger charge is 2.22. The van der Waals surface area contributed by atoms with Gasteiger partial charge in [-0.05, 0) is 44.2 Å². The van der Waals surface area contributed by atoms with Gasteiger partial charge in [0.1, 0.15) is 5.82 Å². The molecule has 1 unspecified atom stereocenters. The lowest BCUT2D eigenvalue weighted by Gasteiger charge is -2.26. The van der Waals surface area contributed by atoms with Gasteiger partial charge in [0, 0.05) is 25.2 Å². The summed E-state index contributed by atoms with van der Waals surface area (Å²) in [7, 11) is 0. The molecule has 4 heteroatoms. The predicted octanol–water partition coefficient (Wildman–Crippen LogP) is 1.69. The maximum Gasteiger partial charge on any atom is 0.179 e. The van der Waals surface area contributed by atoms with E-state index in [9.17, 15) is 9.18 Å². The number of carbonyl (C=O) groups is 1. The Bertz CT molecular complexity index is 397. The van der Waals surface area contributed by atoms with Crippen LogP contribution >= 0.6 is 0 Å². The van der Waals surface area contributed by atoms with Crippen LogP contribution in [0, 0.1) is 5.82 Å². The Labute approximate surface area is 107 Å². The molecule has 2 rings (SSSR count). The number of hydrogen-bond donors (Lipinski definition) is 1. The summed E-state index contributed by atoms with van der Waals surface area (Å²) < 4.78 is 12.8. The highest BCUT2D eigenvalue weighted by Crippen LogP contribution is 2.11. The number of benzene rings is 1. The molecule has 1 fully saturated rings. The normalized spacial score (nSPS) is 19.2. The van der Waals surface area contributed by atoms with Crippen LogP contribution in [0.4, 0.5) is 4.39 Å². The van der Waals surface area contributed by atoms with E-state index in [4.69, 9.17) is 0 Å². The molecule has 1 aliphatic heterocycles. The van der Waals surface area contributed by atoms with E-state index in [1.807, 2.05) is 6.92 Å². The number of ketones is 1. The van der Waals surface area contributed by atoms with Gasteiger partial charge < -0.3 is 5.32 Å². The van der Waals surface area contributed by atoms with E-state index < -0.39 is 0 Å². The summed E-state index contributed by atoms with van der Waals surface area (Å²) in [6, 6.07) is 5.65. The van der Waals surface area contributed by atoms with Gasteiger partial charge in [-0.15, -0.1) is 0 Å². The molecule has 1 aliphatic rings. The Hall–Kier alpha value is -1.26. The van der Waals surface area contributed by atoms with Crippen LogP contribution in [0.5, 0.6) is 0 Å². The number of Topliss-reactive ketones (excluding diaryl/α,β-unsaturated/α-hetero) is 1. The van der Waals surface area contributed by atoms with Gasteiger partial charge >= 0.3 is 0 Å². The fourth-order valence-electron chi connectivity index (χ4n) is 2.28. The molecule has 1 N–H and O–H groups in total. The van der Waals surface area contributed by atoms with Gasteiger partial charge in [0.05, 0.1) is 6.04 Å². The molecule has 18 heavy (non-hydrogen) atoms. The van der Waals surface area contributed by atoms with Crippen LogP contribution in [0.25, 0.3) is 0 Å². The molecule has 0 amide bonds. The maximum absolute atomic E-state index is 12.8. The summed E-state index contributed by atoms with van der Waals surface area (Å²) in [6.07, 6.45) is 1.06. The number of halogens is 1. The third kappa shape index (κ3) is 3.15. The molecule has 1 aromatic rings. The Morgan fingerprint density at radius 2 is 2.00 bits per heavy atom.